The van der Waals surface area contributed by atoms with Crippen molar-refractivity contribution < 1.29 is 4.79 Å². The molecular formula is C19H22N4OS. The third kappa shape index (κ3) is 3.19. The van der Waals surface area contributed by atoms with Crippen LogP contribution in [0.15, 0.2) is 40.7 Å². The molecule has 3 heterocycles. The molecule has 2 aliphatic heterocycles. The molecule has 0 bridgehead atoms. The lowest BCUT2D eigenvalue weighted by atomic mass is 9.81. The fraction of sp³-hybridized carbons (Fsp3) is 0.368. The molecule has 1 unspecified atom stereocenters. The molecule has 1 amide bonds. The van der Waals surface area contributed by atoms with E-state index >= 15 is 0 Å². The van der Waals surface area contributed by atoms with Gasteiger partial charge in [-0.1, -0.05) is 6.07 Å². The lowest BCUT2D eigenvalue weighted by Gasteiger charge is -2.31. The van der Waals surface area contributed by atoms with Gasteiger partial charge in [0.2, 0.25) is 5.91 Å². The van der Waals surface area contributed by atoms with E-state index in [-0.39, 0.29) is 11.8 Å². The van der Waals surface area contributed by atoms with Gasteiger partial charge in [0.25, 0.3) is 0 Å². The second-order valence-electron chi connectivity index (χ2n) is 6.85. The number of carbonyl (C=O) groups is 1. The first kappa shape index (κ1) is 16.3. The van der Waals surface area contributed by atoms with Crippen molar-refractivity contribution in [1.82, 2.24) is 4.90 Å². The monoisotopic (exact) mass is 354 g/mol. The number of amidine groups is 1. The van der Waals surface area contributed by atoms with Crippen LogP contribution in [-0.4, -0.2) is 36.8 Å². The highest BCUT2D eigenvalue weighted by atomic mass is 32.1. The first-order valence-corrected chi connectivity index (χ1v) is 9.51. The molecule has 130 valence electrons. The number of amides is 1. The van der Waals surface area contributed by atoms with E-state index in [0.717, 1.165) is 47.7 Å². The van der Waals surface area contributed by atoms with Gasteiger partial charge in [0.15, 0.2) is 0 Å². The number of aliphatic imine (C=N–C) groups is 1. The maximum Gasteiger partial charge on any atom is 0.232 e. The van der Waals surface area contributed by atoms with E-state index in [1.54, 1.807) is 11.3 Å². The summed E-state index contributed by atoms with van der Waals surface area (Å²) < 4.78 is 0. The summed E-state index contributed by atoms with van der Waals surface area (Å²) in [5.41, 5.74) is 8.90. The number of rotatable bonds is 3. The highest BCUT2D eigenvalue weighted by Gasteiger charge is 2.38. The number of anilines is 1. The molecule has 0 aliphatic carbocycles. The van der Waals surface area contributed by atoms with Crippen molar-refractivity contribution in [2.45, 2.75) is 18.8 Å². The van der Waals surface area contributed by atoms with E-state index < -0.39 is 0 Å². The van der Waals surface area contributed by atoms with Crippen molar-refractivity contribution in [1.29, 1.82) is 0 Å². The standard InChI is InChI=1S/C19H22N4OS/c1-23-8-6-12(7-9-23)17-14-11-13(4-5-15(14)22-19(17)24)21-18(20)16-3-2-10-25-16/h2-5,10-12,17H,6-9H2,1H3,(H2,20,21)(H,22,24). The minimum atomic E-state index is -0.0678. The summed E-state index contributed by atoms with van der Waals surface area (Å²) in [5, 5.41) is 5.02. The van der Waals surface area contributed by atoms with E-state index in [2.05, 4.69) is 22.3 Å². The summed E-state index contributed by atoms with van der Waals surface area (Å²) >= 11 is 1.57. The van der Waals surface area contributed by atoms with Gasteiger partial charge >= 0.3 is 0 Å². The molecule has 0 saturated carbocycles. The minimum Gasteiger partial charge on any atom is -0.383 e. The molecule has 5 nitrogen and oxygen atoms in total. The van der Waals surface area contributed by atoms with Crippen LogP contribution in [0.2, 0.25) is 0 Å². The highest BCUT2D eigenvalue weighted by molar-refractivity contribution is 7.12. The number of nitrogens with one attached hydrogen (secondary N) is 1. The van der Waals surface area contributed by atoms with Crippen LogP contribution in [-0.2, 0) is 4.79 Å². The lowest BCUT2D eigenvalue weighted by Crippen LogP contribution is -2.34. The molecule has 1 aromatic carbocycles. The minimum absolute atomic E-state index is 0.0678. The van der Waals surface area contributed by atoms with Crippen LogP contribution in [0.3, 0.4) is 0 Å². The number of fused-ring (bicyclic) bond motifs is 1. The van der Waals surface area contributed by atoms with Gasteiger partial charge in [-0.3, -0.25) is 4.79 Å². The summed E-state index contributed by atoms with van der Waals surface area (Å²) in [7, 11) is 2.14. The van der Waals surface area contributed by atoms with Crippen molar-refractivity contribution in [3.8, 4) is 0 Å². The van der Waals surface area contributed by atoms with Crippen molar-refractivity contribution in [3.05, 3.63) is 46.2 Å². The summed E-state index contributed by atoms with van der Waals surface area (Å²) in [5.74, 6) is 0.966. The van der Waals surface area contributed by atoms with Gasteiger partial charge in [0.05, 0.1) is 16.5 Å². The number of likely N-dealkylation sites (tertiary alicyclic amines) is 1. The number of nitrogens with two attached hydrogens (primary N) is 1. The predicted octanol–water partition coefficient (Wildman–Crippen LogP) is 3.16. The van der Waals surface area contributed by atoms with Crippen molar-refractivity contribution in [2.24, 2.45) is 16.6 Å². The van der Waals surface area contributed by atoms with Crippen LogP contribution < -0.4 is 11.1 Å². The van der Waals surface area contributed by atoms with Crippen molar-refractivity contribution in [2.75, 3.05) is 25.5 Å². The summed E-state index contributed by atoms with van der Waals surface area (Å²) in [4.78, 5) is 20.4. The van der Waals surface area contributed by atoms with E-state index in [1.165, 1.54) is 0 Å². The Hall–Kier alpha value is -2.18. The van der Waals surface area contributed by atoms with Gasteiger partial charge < -0.3 is 16.0 Å². The number of nitrogens with zero attached hydrogens (tertiary/aromatic N) is 2. The Bertz CT molecular complexity index is 807. The van der Waals surface area contributed by atoms with E-state index in [0.29, 0.717) is 11.8 Å². The molecule has 0 radical (unpaired) electrons. The molecule has 1 fully saturated rings. The maximum absolute atomic E-state index is 12.5. The molecule has 0 spiro atoms. The molecule has 1 saturated heterocycles. The topological polar surface area (TPSA) is 70.7 Å². The van der Waals surface area contributed by atoms with Crippen molar-refractivity contribution in [3.63, 3.8) is 0 Å². The Balaban J connectivity index is 1.63. The van der Waals surface area contributed by atoms with Gasteiger partial charge in [-0.05, 0) is 74.1 Å². The van der Waals surface area contributed by atoms with Gasteiger partial charge in [-0.25, -0.2) is 4.99 Å². The summed E-state index contributed by atoms with van der Waals surface area (Å²) in [6, 6.07) is 9.81. The average molecular weight is 354 g/mol. The molecule has 1 atom stereocenters. The second kappa shape index (κ2) is 6.61. The smallest absolute Gasteiger partial charge is 0.232 e. The number of benzene rings is 1. The van der Waals surface area contributed by atoms with Crippen LogP contribution in [0, 0.1) is 5.92 Å². The van der Waals surface area contributed by atoms with E-state index in [1.807, 2.05) is 35.7 Å². The SMILES string of the molecule is CN1CCC(C2C(=O)Nc3ccc(N=C(N)c4cccs4)cc32)CC1. The molecule has 25 heavy (non-hydrogen) atoms. The summed E-state index contributed by atoms with van der Waals surface area (Å²) in [6.07, 6.45) is 2.11. The number of hydrogen-bond donors (Lipinski definition) is 2. The summed E-state index contributed by atoms with van der Waals surface area (Å²) in [6.45, 7) is 2.10. The lowest BCUT2D eigenvalue weighted by molar-refractivity contribution is -0.118. The number of thiophene rings is 1. The van der Waals surface area contributed by atoms with Gasteiger partial charge in [-0.2, -0.15) is 0 Å². The fourth-order valence-electron chi connectivity index (χ4n) is 3.79. The molecular weight excluding hydrogens is 332 g/mol. The zero-order chi connectivity index (χ0) is 17.4. The number of piperidine rings is 1. The third-order valence-electron chi connectivity index (χ3n) is 5.17. The van der Waals surface area contributed by atoms with E-state index in [9.17, 15) is 4.79 Å². The zero-order valence-corrected chi connectivity index (χ0v) is 15.1. The van der Waals surface area contributed by atoms with Crippen LogP contribution in [0.1, 0.15) is 29.2 Å². The number of carbonyl (C=O) groups excluding carboxylic acids is 1. The first-order chi connectivity index (χ1) is 12.1. The third-order valence-corrected chi connectivity index (χ3v) is 6.06. The molecule has 4 rings (SSSR count). The van der Waals surface area contributed by atoms with Gasteiger partial charge in [-0.15, -0.1) is 11.3 Å². The fourth-order valence-corrected chi connectivity index (χ4v) is 4.42. The van der Waals surface area contributed by atoms with Crippen molar-refractivity contribution >= 4 is 34.5 Å². The maximum atomic E-state index is 12.5. The first-order valence-electron chi connectivity index (χ1n) is 8.63. The quantitative estimate of drug-likeness (QED) is 0.657. The Morgan fingerprint density at radius 3 is 2.84 bits per heavy atom. The Morgan fingerprint density at radius 2 is 2.12 bits per heavy atom. The highest BCUT2D eigenvalue weighted by Crippen LogP contribution is 2.42. The Kier molecular flexibility index (Phi) is 4.31. The van der Waals surface area contributed by atoms with Crippen LogP contribution in [0.25, 0.3) is 0 Å². The Morgan fingerprint density at radius 1 is 1.32 bits per heavy atom. The predicted molar refractivity (Wildman–Crippen MR) is 103 cm³/mol. The Labute approximate surface area is 151 Å². The molecule has 6 heteroatoms. The van der Waals surface area contributed by atoms with Crippen LogP contribution in [0.4, 0.5) is 11.4 Å². The molecule has 2 aromatic rings. The van der Waals surface area contributed by atoms with E-state index in [4.69, 9.17) is 5.73 Å². The molecule has 3 N–H and O–H groups in total. The van der Waals surface area contributed by atoms with Crippen LogP contribution >= 0.6 is 11.3 Å². The second-order valence-corrected chi connectivity index (χ2v) is 7.80. The molecule has 1 aromatic heterocycles. The van der Waals surface area contributed by atoms with Crippen LogP contribution in [0.5, 0.6) is 0 Å². The van der Waals surface area contributed by atoms with Gasteiger partial charge in [0, 0.05) is 5.69 Å². The normalized spacial score (nSPS) is 22.0. The largest absolute Gasteiger partial charge is 0.383 e. The zero-order valence-electron chi connectivity index (χ0n) is 14.2. The average Bonchev–Trinajstić information content (AvgIpc) is 3.23. The van der Waals surface area contributed by atoms with Gasteiger partial charge in [0.1, 0.15) is 5.84 Å². The number of hydrogen-bond acceptors (Lipinski definition) is 4. The molecule has 2 aliphatic rings.